The fourth-order valence-electron chi connectivity index (χ4n) is 8.41. The average Bonchev–Trinajstić information content (AvgIpc) is 3.57. The van der Waals surface area contributed by atoms with Gasteiger partial charge >= 0.3 is 5.97 Å². The van der Waals surface area contributed by atoms with Crippen molar-refractivity contribution in [1.29, 1.82) is 0 Å². The molecule has 0 bridgehead atoms. The molecule has 62 heavy (non-hydrogen) atoms. The zero-order chi connectivity index (χ0) is 44.7. The first-order chi connectivity index (χ1) is 29.8. The molecule has 0 spiro atoms. The standard InChI is InChI=1S/C52H56Cl4N2O4/c1-9-25-57(26-10-2)37-17-23-41(33(5)29-37)43(35-13-19-39(60-7)20-14-35)31-52(46-45(51(59)62-52)47(53)49(55)50(56)48(46)54)32-44(36-15-21-40(61-8)22-16-36)42-24-18-38(30-34(42)6)58(27-11-3)28-12-4/h13-24,29-32H,9-12,25-28H2,1-8H3. The van der Waals surface area contributed by atoms with Crippen molar-refractivity contribution in [3.63, 3.8) is 0 Å². The van der Waals surface area contributed by atoms with Crippen LogP contribution in [0.5, 0.6) is 11.5 Å². The highest BCUT2D eigenvalue weighted by Gasteiger charge is 2.48. The van der Waals surface area contributed by atoms with Crippen molar-refractivity contribution in [2.75, 3.05) is 50.2 Å². The van der Waals surface area contributed by atoms with Gasteiger partial charge in [0.15, 0.2) is 5.60 Å². The van der Waals surface area contributed by atoms with Crippen molar-refractivity contribution in [2.24, 2.45) is 0 Å². The number of aryl methyl sites for hydroxylation is 2. The Balaban J connectivity index is 1.74. The number of hydrogen-bond acceptors (Lipinski definition) is 6. The second-order valence-electron chi connectivity index (χ2n) is 15.7. The first-order valence-electron chi connectivity index (χ1n) is 21.4. The molecule has 326 valence electrons. The molecule has 5 aromatic rings. The number of halogens is 4. The van der Waals surface area contributed by atoms with Crippen LogP contribution in [-0.4, -0.2) is 46.4 Å². The van der Waals surface area contributed by atoms with Crippen LogP contribution in [0.2, 0.25) is 20.1 Å². The van der Waals surface area contributed by atoms with Crippen LogP contribution < -0.4 is 19.3 Å². The SMILES string of the molecule is CCCN(CCC)c1ccc(C(=CC2(C=C(c3ccc(OC)cc3)c3ccc(N(CCC)CCC)cc3C)OC(=O)c3c(Cl)c(Cl)c(Cl)c(Cl)c32)c2ccc(OC)cc2)c(C)c1. The van der Waals surface area contributed by atoms with Gasteiger partial charge in [0.2, 0.25) is 0 Å². The summed E-state index contributed by atoms with van der Waals surface area (Å²) in [7, 11) is 3.28. The fourth-order valence-corrected chi connectivity index (χ4v) is 9.48. The Morgan fingerprint density at radius 1 is 0.581 bits per heavy atom. The number of rotatable bonds is 18. The zero-order valence-corrected chi connectivity index (χ0v) is 40.0. The summed E-state index contributed by atoms with van der Waals surface area (Å²) in [5, 5.41) is 0.0512. The third-order valence-electron chi connectivity index (χ3n) is 11.3. The van der Waals surface area contributed by atoms with Crippen LogP contribution in [0.25, 0.3) is 11.1 Å². The Morgan fingerprint density at radius 2 is 0.968 bits per heavy atom. The molecular weight excluding hydrogens is 858 g/mol. The van der Waals surface area contributed by atoms with Gasteiger partial charge in [0.05, 0.1) is 39.9 Å². The summed E-state index contributed by atoms with van der Waals surface area (Å²) >= 11 is 27.8. The maximum atomic E-state index is 14.4. The fraction of sp³-hybridized carbons (Fsp3) is 0.327. The number of carbonyl (C=O) groups excluding carboxylic acids is 1. The average molecular weight is 915 g/mol. The molecular formula is C52H56Cl4N2O4. The van der Waals surface area contributed by atoms with Gasteiger partial charge in [0, 0.05) is 43.1 Å². The van der Waals surface area contributed by atoms with Crippen molar-refractivity contribution in [1.82, 2.24) is 0 Å². The summed E-state index contributed by atoms with van der Waals surface area (Å²) in [5.74, 6) is 0.732. The van der Waals surface area contributed by atoms with Crippen molar-refractivity contribution in [2.45, 2.75) is 72.8 Å². The van der Waals surface area contributed by atoms with Gasteiger partial charge in [-0.1, -0.05) is 110 Å². The van der Waals surface area contributed by atoms with Gasteiger partial charge in [0.1, 0.15) is 11.5 Å². The van der Waals surface area contributed by atoms with E-state index in [1.54, 1.807) is 14.2 Å². The predicted molar refractivity (Wildman–Crippen MR) is 262 cm³/mol. The number of hydrogen-bond donors (Lipinski definition) is 0. The van der Waals surface area contributed by atoms with E-state index in [9.17, 15) is 4.79 Å². The molecule has 1 heterocycles. The van der Waals surface area contributed by atoms with E-state index in [1.165, 1.54) is 0 Å². The van der Waals surface area contributed by atoms with Crippen LogP contribution in [-0.2, 0) is 10.3 Å². The third kappa shape index (κ3) is 9.65. The third-order valence-corrected chi connectivity index (χ3v) is 13.1. The molecule has 0 fully saturated rings. The van der Waals surface area contributed by atoms with Crippen LogP contribution >= 0.6 is 46.4 Å². The van der Waals surface area contributed by atoms with Gasteiger partial charge in [-0.15, -0.1) is 0 Å². The highest BCUT2D eigenvalue weighted by molar-refractivity contribution is 6.53. The number of nitrogens with zero attached hydrogens (tertiary/aromatic N) is 2. The van der Waals surface area contributed by atoms with E-state index in [0.29, 0.717) is 17.1 Å². The number of esters is 1. The number of methoxy groups -OCH3 is 2. The lowest BCUT2D eigenvalue weighted by molar-refractivity contribution is 0.0300. The van der Waals surface area contributed by atoms with Crippen LogP contribution in [0.3, 0.4) is 0 Å². The van der Waals surface area contributed by atoms with Gasteiger partial charge in [-0.05, 0) is 145 Å². The summed E-state index contributed by atoms with van der Waals surface area (Å²) in [6.07, 6.45) is 8.06. The van der Waals surface area contributed by atoms with Gasteiger partial charge < -0.3 is 24.0 Å². The van der Waals surface area contributed by atoms with E-state index < -0.39 is 11.6 Å². The Labute approximate surface area is 388 Å². The second-order valence-corrected chi connectivity index (χ2v) is 17.2. The molecule has 0 aromatic heterocycles. The van der Waals surface area contributed by atoms with E-state index in [2.05, 4.69) is 87.7 Å². The quantitative estimate of drug-likeness (QED) is 0.0496. The van der Waals surface area contributed by atoms with Gasteiger partial charge in [0.25, 0.3) is 0 Å². The topological polar surface area (TPSA) is 51.2 Å². The number of carbonyl (C=O) groups is 1. The lowest BCUT2D eigenvalue weighted by Crippen LogP contribution is -2.25. The second kappa shape index (κ2) is 20.7. The van der Waals surface area contributed by atoms with E-state index in [0.717, 1.165) is 108 Å². The Bertz CT molecular complexity index is 2320. The lowest BCUT2D eigenvalue weighted by atomic mass is 9.81. The minimum Gasteiger partial charge on any atom is -0.497 e. The molecule has 1 aliphatic heterocycles. The monoisotopic (exact) mass is 912 g/mol. The Kier molecular flexibility index (Phi) is 15.7. The maximum Gasteiger partial charge on any atom is 0.341 e. The molecule has 0 saturated heterocycles. The van der Waals surface area contributed by atoms with E-state index in [1.807, 2.05) is 60.7 Å². The minimum atomic E-state index is -1.66. The molecule has 6 rings (SSSR count). The smallest absolute Gasteiger partial charge is 0.341 e. The highest BCUT2D eigenvalue weighted by Crippen LogP contribution is 2.54. The Hall–Kier alpha value is -4.59. The van der Waals surface area contributed by atoms with Crippen molar-refractivity contribution >= 4 is 74.9 Å². The summed E-state index contributed by atoms with van der Waals surface area (Å²) in [6.45, 7) is 16.8. The molecule has 5 aromatic carbocycles. The zero-order valence-electron chi connectivity index (χ0n) is 36.9. The molecule has 10 heteroatoms. The van der Waals surface area contributed by atoms with Crippen LogP contribution in [0.1, 0.15) is 103 Å². The molecule has 0 unspecified atom stereocenters. The number of ether oxygens (including phenoxy) is 3. The largest absolute Gasteiger partial charge is 0.497 e. The van der Waals surface area contributed by atoms with Crippen molar-refractivity contribution in [3.05, 3.63) is 162 Å². The molecule has 0 aliphatic carbocycles. The lowest BCUT2D eigenvalue weighted by Gasteiger charge is -2.29. The molecule has 0 saturated carbocycles. The number of fused-ring (bicyclic) bond motifs is 1. The number of benzene rings is 5. The predicted octanol–water partition coefficient (Wildman–Crippen LogP) is 14.8. The molecule has 0 N–H and O–H groups in total. The maximum absolute atomic E-state index is 14.4. The minimum absolute atomic E-state index is 0.0196. The molecule has 0 atom stereocenters. The molecule has 1 aliphatic rings. The number of anilines is 2. The van der Waals surface area contributed by atoms with Gasteiger partial charge in [-0.25, -0.2) is 4.79 Å². The molecule has 6 nitrogen and oxygen atoms in total. The normalized spacial score (nSPS) is 15.1. The number of cyclic esters (lactones) is 1. The Morgan fingerprint density at radius 3 is 1.32 bits per heavy atom. The van der Waals surface area contributed by atoms with Crippen LogP contribution in [0, 0.1) is 13.8 Å². The van der Waals surface area contributed by atoms with Crippen LogP contribution in [0.4, 0.5) is 11.4 Å². The summed E-state index contributed by atoms with van der Waals surface area (Å²) in [4.78, 5) is 19.3. The van der Waals surface area contributed by atoms with Gasteiger partial charge in [-0.3, -0.25) is 0 Å². The first-order valence-corrected chi connectivity index (χ1v) is 22.9. The highest BCUT2D eigenvalue weighted by atomic mass is 35.5. The molecule has 0 amide bonds. The van der Waals surface area contributed by atoms with E-state index in [-0.39, 0.29) is 25.7 Å². The van der Waals surface area contributed by atoms with E-state index >= 15 is 0 Å². The first kappa shape index (κ1) is 46.9. The molecule has 0 radical (unpaired) electrons. The van der Waals surface area contributed by atoms with Crippen molar-refractivity contribution < 1.29 is 19.0 Å². The van der Waals surface area contributed by atoms with Crippen LogP contribution in [0.15, 0.2) is 97.1 Å². The summed E-state index contributed by atoms with van der Waals surface area (Å²) in [6, 6.07) is 28.8. The van der Waals surface area contributed by atoms with E-state index in [4.69, 9.17) is 60.6 Å². The summed E-state index contributed by atoms with van der Waals surface area (Å²) in [5.41, 5.74) is 8.24. The van der Waals surface area contributed by atoms with Gasteiger partial charge in [-0.2, -0.15) is 0 Å². The summed E-state index contributed by atoms with van der Waals surface area (Å²) < 4.78 is 17.9. The van der Waals surface area contributed by atoms with Crippen molar-refractivity contribution in [3.8, 4) is 11.5 Å².